The van der Waals surface area contributed by atoms with Crippen molar-refractivity contribution in [2.75, 3.05) is 13.2 Å². The van der Waals surface area contributed by atoms with Crippen LogP contribution in [0.1, 0.15) is 0 Å². The third-order valence-corrected chi connectivity index (χ3v) is 3.66. The quantitative estimate of drug-likeness (QED) is 0.0842. The Kier molecular flexibility index (Phi) is 6.28. The maximum atomic E-state index is 13.7. The minimum Gasteiger partial charge on any atom is -0.460 e. The third-order valence-electron chi connectivity index (χ3n) is 2.33. The van der Waals surface area contributed by atoms with Gasteiger partial charge in [0.15, 0.2) is 28.2 Å². The monoisotopic (exact) mass is 369 g/mol. The molecule has 8 nitrogen and oxygen atoms in total. The van der Waals surface area contributed by atoms with E-state index in [0.717, 1.165) is 6.08 Å². The lowest BCUT2D eigenvalue weighted by molar-refractivity contribution is -0.138. The van der Waals surface area contributed by atoms with E-state index < -0.39 is 63.2 Å². The highest BCUT2D eigenvalue weighted by Crippen LogP contribution is 2.33. The Labute approximate surface area is 132 Å². The lowest BCUT2D eigenvalue weighted by atomic mass is 10.2. The van der Waals surface area contributed by atoms with E-state index >= 15 is 0 Å². The molecule has 0 aliphatic rings. The maximum absolute atomic E-state index is 13.7. The number of hydrogen-bond donors (Lipinski definition) is 0. The molecule has 13 heteroatoms. The predicted octanol–water partition coefficient (Wildman–Crippen LogP) is 2.62. The number of esters is 1. The predicted molar refractivity (Wildman–Crippen MR) is 69.4 cm³/mol. The van der Waals surface area contributed by atoms with Gasteiger partial charge in [0.05, 0.1) is 0 Å². The summed E-state index contributed by atoms with van der Waals surface area (Å²) >= 11 is 0. The first-order valence-corrected chi connectivity index (χ1v) is 7.17. The SMILES string of the molecule is C=CC(=O)OCCOS(=O)(=O)c1c(F)c(F)c(N=[N+]=[N-])c(F)c1F. The summed E-state index contributed by atoms with van der Waals surface area (Å²) < 4.78 is 86.2. The molecule has 0 bridgehead atoms. The fourth-order valence-corrected chi connectivity index (χ4v) is 2.38. The van der Waals surface area contributed by atoms with Crippen molar-refractivity contribution in [2.24, 2.45) is 5.11 Å². The van der Waals surface area contributed by atoms with E-state index in [2.05, 4.69) is 20.6 Å². The largest absolute Gasteiger partial charge is 0.460 e. The Morgan fingerprint density at radius 1 is 1.17 bits per heavy atom. The zero-order chi connectivity index (χ0) is 18.5. The van der Waals surface area contributed by atoms with Gasteiger partial charge in [-0.15, -0.1) is 0 Å². The van der Waals surface area contributed by atoms with Crippen LogP contribution in [-0.2, 0) is 23.8 Å². The highest BCUT2D eigenvalue weighted by Gasteiger charge is 2.33. The molecule has 0 heterocycles. The van der Waals surface area contributed by atoms with Crippen LogP contribution < -0.4 is 0 Å². The van der Waals surface area contributed by atoms with Gasteiger partial charge in [-0.2, -0.15) is 8.42 Å². The molecule has 1 rings (SSSR count). The second-order valence-electron chi connectivity index (χ2n) is 3.77. The fourth-order valence-electron chi connectivity index (χ4n) is 1.36. The first kappa shape index (κ1) is 19.4. The van der Waals surface area contributed by atoms with Crippen LogP contribution in [0.3, 0.4) is 0 Å². The molecule has 1 aromatic carbocycles. The summed E-state index contributed by atoms with van der Waals surface area (Å²) in [4.78, 5) is 10.6. The number of hydrogen-bond acceptors (Lipinski definition) is 6. The fraction of sp³-hybridized carbons (Fsp3) is 0.182. The molecule has 0 fully saturated rings. The Bertz CT molecular complexity index is 808. The molecule has 0 radical (unpaired) electrons. The van der Waals surface area contributed by atoms with Gasteiger partial charge in [0.1, 0.15) is 18.9 Å². The maximum Gasteiger partial charge on any atom is 0.330 e. The van der Waals surface area contributed by atoms with Crippen LogP contribution >= 0.6 is 0 Å². The van der Waals surface area contributed by atoms with E-state index in [-0.39, 0.29) is 0 Å². The molecule has 0 N–H and O–H groups in total. The van der Waals surface area contributed by atoms with Crippen LogP contribution in [0.5, 0.6) is 0 Å². The van der Waals surface area contributed by atoms with Gasteiger partial charge in [-0.05, 0) is 5.53 Å². The van der Waals surface area contributed by atoms with Gasteiger partial charge in [-0.3, -0.25) is 4.18 Å². The number of carbonyl (C=O) groups is 1. The molecular weight excluding hydrogens is 362 g/mol. The summed E-state index contributed by atoms with van der Waals surface area (Å²) in [5.74, 6) is -10.0. The van der Waals surface area contributed by atoms with Crippen LogP contribution in [0.2, 0.25) is 0 Å². The standard InChI is InChI=1S/C11H7F4N3O5S/c1-2-5(19)22-3-4-23-24(20,21)11-8(14)6(12)10(17-18-16)7(13)9(11)15/h2H,1,3-4H2. The van der Waals surface area contributed by atoms with Gasteiger partial charge in [0.2, 0.25) is 0 Å². The first-order valence-electron chi connectivity index (χ1n) is 5.77. The molecule has 0 spiro atoms. The van der Waals surface area contributed by atoms with Crippen molar-refractivity contribution in [3.05, 3.63) is 46.4 Å². The molecule has 0 aliphatic carbocycles. The number of nitrogens with zero attached hydrogens (tertiary/aromatic N) is 3. The van der Waals surface area contributed by atoms with Crippen molar-refractivity contribution < 1.29 is 39.7 Å². The van der Waals surface area contributed by atoms with E-state index in [1.54, 1.807) is 0 Å². The lowest BCUT2D eigenvalue weighted by Crippen LogP contribution is -2.17. The number of halogens is 4. The zero-order valence-corrected chi connectivity index (χ0v) is 12.3. The van der Waals surface area contributed by atoms with Gasteiger partial charge in [-0.1, -0.05) is 11.7 Å². The van der Waals surface area contributed by atoms with E-state index in [0.29, 0.717) is 0 Å². The highest BCUT2D eigenvalue weighted by atomic mass is 32.2. The molecule has 130 valence electrons. The summed E-state index contributed by atoms with van der Waals surface area (Å²) in [6, 6.07) is 0. The molecule has 0 saturated carbocycles. The summed E-state index contributed by atoms with van der Waals surface area (Å²) in [7, 11) is -5.28. The van der Waals surface area contributed by atoms with E-state index in [9.17, 15) is 30.8 Å². The van der Waals surface area contributed by atoms with E-state index in [4.69, 9.17) is 5.53 Å². The minimum atomic E-state index is -5.28. The average molecular weight is 369 g/mol. The molecule has 0 aliphatic heterocycles. The molecule has 24 heavy (non-hydrogen) atoms. The number of carbonyl (C=O) groups excluding carboxylic acids is 1. The molecule has 1 aromatic rings. The van der Waals surface area contributed by atoms with Crippen LogP contribution in [0.25, 0.3) is 10.4 Å². The Morgan fingerprint density at radius 3 is 2.17 bits per heavy atom. The van der Waals surface area contributed by atoms with Gasteiger partial charge < -0.3 is 4.74 Å². The number of azide groups is 1. The van der Waals surface area contributed by atoms with Crippen molar-refractivity contribution in [3.63, 3.8) is 0 Å². The first-order chi connectivity index (χ1) is 11.2. The Balaban J connectivity index is 3.19. The van der Waals surface area contributed by atoms with Gasteiger partial charge in [-0.25, -0.2) is 22.4 Å². The summed E-state index contributed by atoms with van der Waals surface area (Å²) in [6.45, 7) is 1.52. The lowest BCUT2D eigenvalue weighted by Gasteiger charge is -2.10. The van der Waals surface area contributed by atoms with E-state index in [1.807, 2.05) is 4.91 Å². The molecule has 0 atom stereocenters. The van der Waals surface area contributed by atoms with Gasteiger partial charge >= 0.3 is 16.1 Å². The minimum absolute atomic E-state index is 0.644. The third kappa shape index (κ3) is 4.01. The molecule has 0 saturated heterocycles. The van der Waals surface area contributed by atoms with Crippen LogP contribution in [0.4, 0.5) is 23.2 Å². The number of rotatable bonds is 7. The molecule has 0 amide bonds. The second-order valence-corrected chi connectivity index (χ2v) is 5.32. The topological polar surface area (TPSA) is 118 Å². The van der Waals surface area contributed by atoms with E-state index in [1.165, 1.54) is 0 Å². The number of benzene rings is 1. The highest BCUT2D eigenvalue weighted by molar-refractivity contribution is 7.86. The van der Waals surface area contributed by atoms with Crippen LogP contribution in [0.15, 0.2) is 22.7 Å². The van der Waals surface area contributed by atoms with Crippen molar-refractivity contribution >= 4 is 21.8 Å². The van der Waals surface area contributed by atoms with Crippen molar-refractivity contribution in [3.8, 4) is 0 Å². The Hall–Kier alpha value is -2.63. The Morgan fingerprint density at radius 2 is 1.71 bits per heavy atom. The summed E-state index contributed by atoms with van der Waals surface area (Å²) in [5, 5.41) is 2.40. The zero-order valence-electron chi connectivity index (χ0n) is 11.5. The summed E-state index contributed by atoms with van der Waals surface area (Å²) in [6.07, 6.45) is 0.757. The molecule has 0 aromatic heterocycles. The second kappa shape index (κ2) is 7.77. The van der Waals surface area contributed by atoms with Crippen LogP contribution in [0, 0.1) is 23.3 Å². The van der Waals surface area contributed by atoms with Gasteiger partial charge in [0, 0.05) is 11.0 Å². The van der Waals surface area contributed by atoms with Crippen molar-refractivity contribution in [2.45, 2.75) is 4.90 Å². The number of ether oxygens (including phenoxy) is 1. The summed E-state index contributed by atoms with van der Waals surface area (Å²) in [5.41, 5.74) is 6.40. The molecule has 0 unspecified atom stereocenters. The van der Waals surface area contributed by atoms with Gasteiger partial charge in [0.25, 0.3) is 0 Å². The average Bonchev–Trinajstić information content (AvgIpc) is 2.53. The normalized spacial score (nSPS) is 10.8. The van der Waals surface area contributed by atoms with Crippen molar-refractivity contribution in [1.29, 1.82) is 0 Å². The molecular formula is C11H7F4N3O5S. The van der Waals surface area contributed by atoms with Crippen molar-refractivity contribution in [1.82, 2.24) is 0 Å². The smallest absolute Gasteiger partial charge is 0.330 e. The van der Waals surface area contributed by atoms with Crippen LogP contribution in [-0.4, -0.2) is 27.6 Å².